The molecule has 1 rings (SSSR count). The first-order chi connectivity index (χ1) is 6.93. The summed E-state index contributed by atoms with van der Waals surface area (Å²) in [6, 6.07) is 0. The summed E-state index contributed by atoms with van der Waals surface area (Å²) in [5, 5.41) is 18.6. The smallest absolute Gasteiger partial charge is 0.319 e. The summed E-state index contributed by atoms with van der Waals surface area (Å²) >= 11 is 0. The van der Waals surface area contributed by atoms with Crippen LogP contribution in [0.5, 0.6) is 0 Å². The third-order valence-electron chi connectivity index (χ3n) is 3.18. The summed E-state index contributed by atoms with van der Waals surface area (Å²) in [6.07, 6.45) is -0.754. The minimum Gasteiger partial charge on any atom is -0.480 e. The molecule has 0 aromatic carbocycles. The zero-order valence-electron chi connectivity index (χ0n) is 8.90. The van der Waals surface area contributed by atoms with Crippen molar-refractivity contribution in [3.63, 3.8) is 0 Å². The van der Waals surface area contributed by atoms with Crippen LogP contribution < -0.4 is 0 Å². The van der Waals surface area contributed by atoms with Crippen molar-refractivity contribution >= 4 is 11.8 Å². The molecule has 1 aliphatic rings. The van der Waals surface area contributed by atoms with Crippen LogP contribution in [-0.2, 0) is 14.3 Å². The van der Waals surface area contributed by atoms with Gasteiger partial charge in [0.25, 0.3) is 0 Å². The van der Waals surface area contributed by atoms with Crippen molar-refractivity contribution in [3.8, 4) is 0 Å². The standard InChI is InChI=1S/C10H16O5/c1-6(7(2)11)10(9(13)14)5-15-4-3-8(10)12/h6-7,11H,3-5H2,1-2H3,(H,13,14). The Morgan fingerprint density at radius 2 is 2.13 bits per heavy atom. The molecule has 5 nitrogen and oxygen atoms in total. The van der Waals surface area contributed by atoms with Crippen molar-refractivity contribution in [2.75, 3.05) is 13.2 Å². The second-order valence-corrected chi connectivity index (χ2v) is 4.03. The summed E-state index contributed by atoms with van der Waals surface area (Å²) in [7, 11) is 0. The van der Waals surface area contributed by atoms with Crippen LogP contribution >= 0.6 is 0 Å². The Balaban J connectivity index is 3.06. The number of rotatable bonds is 3. The van der Waals surface area contributed by atoms with Gasteiger partial charge >= 0.3 is 5.97 Å². The Bertz CT molecular complexity index is 273. The number of aliphatic hydroxyl groups is 1. The number of ether oxygens (including phenoxy) is 1. The molecule has 3 atom stereocenters. The first-order valence-electron chi connectivity index (χ1n) is 4.95. The minimum absolute atomic E-state index is 0.101. The van der Waals surface area contributed by atoms with Crippen LogP contribution in [0.3, 0.4) is 0 Å². The number of aliphatic carboxylic acids is 1. The van der Waals surface area contributed by atoms with Crippen LogP contribution in [0, 0.1) is 11.3 Å². The van der Waals surface area contributed by atoms with Gasteiger partial charge in [-0.15, -0.1) is 0 Å². The first kappa shape index (κ1) is 12.1. The molecule has 86 valence electrons. The van der Waals surface area contributed by atoms with E-state index >= 15 is 0 Å². The van der Waals surface area contributed by atoms with Crippen LogP contribution in [0.1, 0.15) is 20.3 Å². The molecule has 2 N–H and O–H groups in total. The molecule has 1 aliphatic heterocycles. The zero-order chi connectivity index (χ0) is 11.6. The third-order valence-corrected chi connectivity index (χ3v) is 3.18. The predicted molar refractivity (Wildman–Crippen MR) is 51.4 cm³/mol. The largest absolute Gasteiger partial charge is 0.480 e. The van der Waals surface area contributed by atoms with E-state index in [1.54, 1.807) is 6.92 Å². The van der Waals surface area contributed by atoms with Gasteiger partial charge < -0.3 is 14.9 Å². The van der Waals surface area contributed by atoms with E-state index in [4.69, 9.17) is 9.84 Å². The van der Waals surface area contributed by atoms with Crippen LogP contribution in [0.25, 0.3) is 0 Å². The molecule has 0 aliphatic carbocycles. The molecule has 1 fully saturated rings. The molecule has 1 saturated heterocycles. The summed E-state index contributed by atoms with van der Waals surface area (Å²) in [5.41, 5.74) is -1.58. The number of carbonyl (C=O) groups is 2. The first-order valence-corrected chi connectivity index (χ1v) is 4.95. The highest BCUT2D eigenvalue weighted by Crippen LogP contribution is 2.35. The Morgan fingerprint density at radius 3 is 2.53 bits per heavy atom. The van der Waals surface area contributed by atoms with Crippen LogP contribution in [-0.4, -0.2) is 41.3 Å². The lowest BCUT2D eigenvalue weighted by Crippen LogP contribution is -2.54. The maximum Gasteiger partial charge on any atom is 0.319 e. The topological polar surface area (TPSA) is 83.8 Å². The predicted octanol–water partition coefficient (Wildman–Crippen LogP) is 0.0637. The SMILES string of the molecule is CC(O)C(C)C1(C(=O)O)COCCC1=O. The number of carboxylic acid groups (broad SMARTS) is 1. The van der Waals surface area contributed by atoms with Crippen molar-refractivity contribution in [2.24, 2.45) is 11.3 Å². The maximum absolute atomic E-state index is 11.7. The minimum atomic E-state index is -1.58. The van der Waals surface area contributed by atoms with E-state index in [-0.39, 0.29) is 25.4 Å². The molecule has 0 radical (unpaired) electrons. The monoisotopic (exact) mass is 216 g/mol. The second-order valence-electron chi connectivity index (χ2n) is 4.03. The highest BCUT2D eigenvalue weighted by molar-refractivity contribution is 6.04. The molecular weight excluding hydrogens is 200 g/mol. The Kier molecular flexibility index (Phi) is 3.46. The third kappa shape index (κ3) is 1.89. The number of hydrogen-bond donors (Lipinski definition) is 2. The molecule has 15 heavy (non-hydrogen) atoms. The van der Waals surface area contributed by atoms with Crippen LogP contribution in [0.2, 0.25) is 0 Å². The Morgan fingerprint density at radius 1 is 1.53 bits per heavy atom. The highest BCUT2D eigenvalue weighted by atomic mass is 16.5. The number of carbonyl (C=O) groups excluding carboxylic acids is 1. The fourth-order valence-corrected chi connectivity index (χ4v) is 1.87. The number of Topliss-reactive ketones (excluding diaryl/α,β-unsaturated/α-hetero) is 1. The Labute approximate surface area is 88.0 Å². The number of aliphatic hydroxyl groups excluding tert-OH is 1. The fourth-order valence-electron chi connectivity index (χ4n) is 1.87. The van der Waals surface area contributed by atoms with E-state index < -0.39 is 23.4 Å². The van der Waals surface area contributed by atoms with Gasteiger partial charge in [0, 0.05) is 12.3 Å². The molecule has 0 aromatic heterocycles. The highest BCUT2D eigenvalue weighted by Gasteiger charge is 2.53. The van der Waals surface area contributed by atoms with Crippen molar-refractivity contribution in [3.05, 3.63) is 0 Å². The molecule has 0 spiro atoms. The molecule has 3 unspecified atom stereocenters. The molecule has 5 heteroatoms. The second kappa shape index (κ2) is 4.28. The van der Waals surface area contributed by atoms with E-state index in [1.165, 1.54) is 6.92 Å². The zero-order valence-corrected chi connectivity index (χ0v) is 8.90. The van der Waals surface area contributed by atoms with Crippen LogP contribution in [0.4, 0.5) is 0 Å². The summed E-state index contributed by atoms with van der Waals surface area (Å²) in [6.45, 7) is 3.16. The molecule has 1 heterocycles. The lowest BCUT2D eigenvalue weighted by molar-refractivity contribution is -0.173. The van der Waals surface area contributed by atoms with Crippen molar-refractivity contribution < 1.29 is 24.5 Å². The van der Waals surface area contributed by atoms with Gasteiger partial charge in [0.2, 0.25) is 0 Å². The van der Waals surface area contributed by atoms with E-state index in [0.717, 1.165) is 0 Å². The van der Waals surface area contributed by atoms with Gasteiger partial charge in [0.05, 0.1) is 19.3 Å². The van der Waals surface area contributed by atoms with Gasteiger partial charge in [-0.25, -0.2) is 0 Å². The van der Waals surface area contributed by atoms with E-state index in [9.17, 15) is 14.7 Å². The molecule has 0 saturated carbocycles. The average molecular weight is 216 g/mol. The van der Waals surface area contributed by atoms with Crippen molar-refractivity contribution in [2.45, 2.75) is 26.4 Å². The maximum atomic E-state index is 11.7. The quantitative estimate of drug-likeness (QED) is 0.652. The lowest BCUT2D eigenvalue weighted by Gasteiger charge is -2.37. The van der Waals surface area contributed by atoms with E-state index in [2.05, 4.69) is 0 Å². The van der Waals surface area contributed by atoms with Gasteiger partial charge in [-0.2, -0.15) is 0 Å². The van der Waals surface area contributed by atoms with Crippen LogP contribution in [0.15, 0.2) is 0 Å². The summed E-state index contributed by atoms with van der Waals surface area (Å²) in [4.78, 5) is 23.0. The molecular formula is C10H16O5. The number of hydrogen-bond acceptors (Lipinski definition) is 4. The van der Waals surface area contributed by atoms with Gasteiger partial charge in [-0.05, 0) is 6.92 Å². The lowest BCUT2D eigenvalue weighted by atomic mass is 9.69. The summed E-state index contributed by atoms with van der Waals surface area (Å²) in [5.74, 6) is -2.21. The summed E-state index contributed by atoms with van der Waals surface area (Å²) < 4.78 is 5.08. The molecule has 0 aromatic rings. The fraction of sp³-hybridized carbons (Fsp3) is 0.800. The van der Waals surface area contributed by atoms with E-state index in [1.807, 2.05) is 0 Å². The van der Waals surface area contributed by atoms with Crippen molar-refractivity contribution in [1.82, 2.24) is 0 Å². The normalized spacial score (nSPS) is 31.0. The molecule has 0 amide bonds. The van der Waals surface area contributed by atoms with Gasteiger partial charge in [-0.3, -0.25) is 9.59 Å². The van der Waals surface area contributed by atoms with Gasteiger partial charge in [0.15, 0.2) is 11.2 Å². The van der Waals surface area contributed by atoms with Gasteiger partial charge in [0.1, 0.15) is 0 Å². The number of ketones is 1. The van der Waals surface area contributed by atoms with Crippen molar-refractivity contribution in [1.29, 1.82) is 0 Å². The Hall–Kier alpha value is -0.940. The average Bonchev–Trinajstić information content (AvgIpc) is 2.17. The van der Waals surface area contributed by atoms with E-state index in [0.29, 0.717) is 0 Å². The van der Waals surface area contributed by atoms with Gasteiger partial charge in [-0.1, -0.05) is 6.92 Å². The number of carboxylic acids is 1. The molecule has 0 bridgehead atoms.